The Bertz CT molecular complexity index is 1490. The minimum Gasteiger partial charge on any atom is -0.462 e. The summed E-state index contributed by atoms with van der Waals surface area (Å²) in [7, 11) is -3.78. The average molecular weight is 438 g/mol. The monoisotopic (exact) mass is 438 g/mol. The first-order valence-electron chi connectivity index (χ1n) is 9.60. The topological polar surface area (TPSA) is 129 Å². The summed E-state index contributed by atoms with van der Waals surface area (Å²) in [5.74, 6) is -0.0987. The molecule has 0 aliphatic carbocycles. The smallest absolute Gasteiger partial charge is 0.342 e. The van der Waals surface area contributed by atoms with Crippen LogP contribution in [0.4, 0.5) is 11.5 Å². The third kappa shape index (κ3) is 2.75. The van der Waals surface area contributed by atoms with Gasteiger partial charge in [-0.3, -0.25) is 4.31 Å². The number of aryl methyl sites for hydroxylation is 1. The maximum absolute atomic E-state index is 13.2. The van der Waals surface area contributed by atoms with Crippen LogP contribution in [-0.2, 0) is 21.3 Å². The number of esters is 1. The van der Waals surface area contributed by atoms with E-state index in [1.807, 2.05) is 12.1 Å². The Morgan fingerprint density at radius 1 is 1.16 bits per heavy atom. The summed E-state index contributed by atoms with van der Waals surface area (Å²) >= 11 is 0. The number of anilines is 2. The first-order chi connectivity index (χ1) is 14.8. The van der Waals surface area contributed by atoms with Gasteiger partial charge in [0.1, 0.15) is 17.1 Å². The van der Waals surface area contributed by atoms with Gasteiger partial charge >= 0.3 is 5.97 Å². The molecule has 2 aromatic carbocycles. The van der Waals surface area contributed by atoms with Crippen LogP contribution < -0.4 is 10.0 Å². The number of ether oxygens (including phenoxy) is 1. The number of nitrogen functional groups attached to an aromatic ring is 1. The molecule has 0 fully saturated rings. The summed E-state index contributed by atoms with van der Waals surface area (Å²) in [6, 6.07) is 10.6. The first-order valence-corrected chi connectivity index (χ1v) is 11.0. The van der Waals surface area contributed by atoms with E-state index >= 15 is 0 Å². The van der Waals surface area contributed by atoms with E-state index in [0.29, 0.717) is 16.8 Å². The van der Waals surface area contributed by atoms with Gasteiger partial charge in [-0.2, -0.15) is 4.98 Å². The number of furan rings is 1. The van der Waals surface area contributed by atoms with Crippen molar-refractivity contribution in [2.45, 2.75) is 25.3 Å². The van der Waals surface area contributed by atoms with Crippen molar-refractivity contribution in [2.24, 2.45) is 0 Å². The van der Waals surface area contributed by atoms with E-state index in [4.69, 9.17) is 14.9 Å². The van der Waals surface area contributed by atoms with Crippen molar-refractivity contribution in [2.75, 3.05) is 16.6 Å². The van der Waals surface area contributed by atoms with Gasteiger partial charge in [0.2, 0.25) is 5.71 Å². The zero-order valence-electron chi connectivity index (χ0n) is 16.7. The molecule has 158 valence electrons. The summed E-state index contributed by atoms with van der Waals surface area (Å²) in [4.78, 5) is 21.1. The quantitative estimate of drug-likeness (QED) is 0.481. The van der Waals surface area contributed by atoms with Crippen molar-refractivity contribution >= 4 is 49.4 Å². The fraction of sp³-hybridized carbons (Fsp3) is 0.190. The molecule has 2 aromatic heterocycles. The van der Waals surface area contributed by atoms with Crippen LogP contribution in [0, 0.1) is 6.92 Å². The summed E-state index contributed by atoms with van der Waals surface area (Å²) in [6.07, 6.45) is 0. The molecular weight excluding hydrogens is 420 g/mol. The lowest BCUT2D eigenvalue weighted by Crippen LogP contribution is -2.27. The second-order valence-corrected chi connectivity index (χ2v) is 8.93. The first kappa shape index (κ1) is 19.3. The van der Waals surface area contributed by atoms with Gasteiger partial charge in [0, 0.05) is 5.39 Å². The third-order valence-corrected chi connectivity index (χ3v) is 7.05. The van der Waals surface area contributed by atoms with Gasteiger partial charge in [-0.25, -0.2) is 18.2 Å². The van der Waals surface area contributed by atoms with Crippen molar-refractivity contribution in [3.8, 4) is 0 Å². The van der Waals surface area contributed by atoms with E-state index in [1.54, 1.807) is 38.1 Å². The molecule has 1 aliphatic heterocycles. The number of nitrogens with zero attached hydrogens (tertiary/aromatic N) is 3. The van der Waals surface area contributed by atoms with Gasteiger partial charge in [0.15, 0.2) is 5.82 Å². The maximum Gasteiger partial charge on any atom is 0.342 e. The predicted molar refractivity (Wildman–Crippen MR) is 114 cm³/mol. The molecule has 0 atom stereocenters. The average Bonchev–Trinajstić information content (AvgIpc) is 3.17. The Morgan fingerprint density at radius 3 is 2.65 bits per heavy atom. The van der Waals surface area contributed by atoms with Gasteiger partial charge in [-0.15, -0.1) is 0 Å². The zero-order chi connectivity index (χ0) is 21.9. The lowest BCUT2D eigenvalue weighted by molar-refractivity contribution is 0.0526. The van der Waals surface area contributed by atoms with Gasteiger partial charge in [0.05, 0.1) is 29.1 Å². The van der Waals surface area contributed by atoms with Gasteiger partial charge in [0.25, 0.3) is 10.0 Å². The number of carbonyl (C=O) groups is 1. The SMILES string of the molecule is CCOC(=O)c1c(C)oc2nc(CN3c4cccc5cccc(c45)S3(=O)=O)nc(N)c12. The summed E-state index contributed by atoms with van der Waals surface area (Å²) in [5.41, 5.74) is 6.95. The van der Waals surface area contributed by atoms with Crippen LogP contribution in [-0.4, -0.2) is 31.0 Å². The van der Waals surface area contributed by atoms with Crippen LogP contribution in [0.5, 0.6) is 0 Å². The molecule has 3 heterocycles. The van der Waals surface area contributed by atoms with Crippen molar-refractivity contribution in [3.05, 3.63) is 53.5 Å². The lowest BCUT2D eigenvalue weighted by atomic mass is 10.1. The molecule has 0 bridgehead atoms. The van der Waals surface area contributed by atoms with Crippen molar-refractivity contribution < 1.29 is 22.4 Å². The number of sulfonamides is 1. The highest BCUT2D eigenvalue weighted by molar-refractivity contribution is 7.93. The second kappa shape index (κ2) is 6.67. The number of hydrogen-bond donors (Lipinski definition) is 1. The van der Waals surface area contributed by atoms with Crippen LogP contribution in [0.25, 0.3) is 21.9 Å². The summed E-state index contributed by atoms with van der Waals surface area (Å²) in [5, 5.41) is 1.75. The van der Waals surface area contributed by atoms with E-state index in [2.05, 4.69) is 9.97 Å². The second-order valence-electron chi connectivity index (χ2n) is 7.10. The Labute approximate surface area is 177 Å². The molecule has 2 N–H and O–H groups in total. The maximum atomic E-state index is 13.2. The molecule has 0 saturated carbocycles. The Hall–Kier alpha value is -3.66. The summed E-state index contributed by atoms with van der Waals surface area (Å²) in [6.45, 7) is 3.37. The van der Waals surface area contributed by atoms with Crippen LogP contribution in [0.1, 0.15) is 28.9 Å². The number of hydrogen-bond acceptors (Lipinski definition) is 8. The minimum absolute atomic E-state index is 0.0206. The number of benzene rings is 2. The molecule has 9 nitrogen and oxygen atoms in total. The standard InChI is InChI=1S/C21H18N4O5S/c1-3-29-21(26)16-11(2)30-20-18(16)19(22)23-15(24-20)10-25-13-8-4-6-12-7-5-9-14(17(12)13)31(25,27)28/h4-9H,3,10H2,1-2H3,(H2,22,23,24). The fourth-order valence-corrected chi connectivity index (χ4v) is 5.63. The van der Waals surface area contributed by atoms with Crippen molar-refractivity contribution in [3.63, 3.8) is 0 Å². The molecule has 1 aliphatic rings. The minimum atomic E-state index is -3.78. The number of carbonyl (C=O) groups excluding carboxylic acids is 1. The molecule has 0 spiro atoms. The highest BCUT2D eigenvalue weighted by Gasteiger charge is 2.36. The molecule has 31 heavy (non-hydrogen) atoms. The molecule has 0 amide bonds. The number of fused-ring (bicyclic) bond motifs is 1. The Kier molecular flexibility index (Phi) is 4.16. The normalized spacial score (nSPS) is 14.5. The lowest BCUT2D eigenvalue weighted by Gasteiger charge is -2.18. The Balaban J connectivity index is 1.61. The molecular formula is C21H18N4O5S. The number of nitrogens with two attached hydrogens (primary N) is 1. The highest BCUT2D eigenvalue weighted by Crippen LogP contribution is 2.42. The van der Waals surface area contributed by atoms with Crippen LogP contribution in [0.3, 0.4) is 0 Å². The van der Waals surface area contributed by atoms with Crippen molar-refractivity contribution in [1.82, 2.24) is 9.97 Å². The van der Waals surface area contributed by atoms with Gasteiger partial charge in [-0.05, 0) is 31.4 Å². The number of aromatic nitrogens is 2. The largest absolute Gasteiger partial charge is 0.462 e. The van der Waals surface area contributed by atoms with Gasteiger partial charge < -0.3 is 14.9 Å². The predicted octanol–water partition coefficient (Wildman–Crippen LogP) is 3.15. The fourth-order valence-electron chi connectivity index (χ4n) is 3.96. The summed E-state index contributed by atoms with van der Waals surface area (Å²) < 4.78 is 38.3. The molecule has 5 rings (SSSR count). The zero-order valence-corrected chi connectivity index (χ0v) is 17.6. The van der Waals surface area contributed by atoms with Crippen LogP contribution in [0.15, 0.2) is 45.7 Å². The molecule has 4 aromatic rings. The molecule has 0 unspecified atom stereocenters. The van der Waals surface area contributed by atoms with Gasteiger partial charge in [-0.1, -0.05) is 24.3 Å². The molecule has 10 heteroatoms. The number of rotatable bonds is 4. The van der Waals surface area contributed by atoms with Crippen LogP contribution in [0.2, 0.25) is 0 Å². The molecule has 0 saturated heterocycles. The third-order valence-electron chi connectivity index (χ3n) is 5.25. The van der Waals surface area contributed by atoms with Crippen molar-refractivity contribution in [1.29, 1.82) is 0 Å². The van der Waals surface area contributed by atoms with E-state index in [9.17, 15) is 13.2 Å². The van der Waals surface area contributed by atoms with E-state index in [-0.39, 0.29) is 46.4 Å². The Morgan fingerprint density at radius 2 is 1.90 bits per heavy atom. The van der Waals surface area contributed by atoms with E-state index in [0.717, 1.165) is 5.39 Å². The van der Waals surface area contributed by atoms with Crippen LogP contribution >= 0.6 is 0 Å². The van der Waals surface area contributed by atoms with E-state index in [1.165, 1.54) is 4.31 Å². The van der Waals surface area contributed by atoms with E-state index < -0.39 is 16.0 Å². The molecule has 0 radical (unpaired) electrons. The highest BCUT2D eigenvalue weighted by atomic mass is 32.2.